The summed E-state index contributed by atoms with van der Waals surface area (Å²) in [6.07, 6.45) is 3.89. The van der Waals surface area contributed by atoms with Crippen molar-refractivity contribution in [2.75, 3.05) is 5.32 Å². The van der Waals surface area contributed by atoms with Gasteiger partial charge in [-0.2, -0.15) is 0 Å². The summed E-state index contributed by atoms with van der Waals surface area (Å²) >= 11 is 2.25. The van der Waals surface area contributed by atoms with Crippen molar-refractivity contribution in [3.63, 3.8) is 0 Å². The van der Waals surface area contributed by atoms with E-state index in [-0.39, 0.29) is 24.3 Å². The molecule has 0 aromatic heterocycles. The zero-order valence-corrected chi connectivity index (χ0v) is 16.3. The first-order chi connectivity index (χ1) is 12.0. The molecule has 0 fully saturated rings. The number of benzene rings is 2. The summed E-state index contributed by atoms with van der Waals surface area (Å²) in [5.74, 6) is -0.186. The third kappa shape index (κ3) is 3.92. The summed E-state index contributed by atoms with van der Waals surface area (Å²) in [7, 11) is 0. The number of nitrogens with one attached hydrogen (secondary N) is 1. The molecule has 3 rings (SSSR count). The average molecular weight is 446 g/mol. The molecule has 1 N–H and O–H groups in total. The van der Waals surface area contributed by atoms with E-state index in [1.807, 2.05) is 55.5 Å². The fraction of sp³-hybridized carbons (Fsp3) is 0.200. The quantitative estimate of drug-likeness (QED) is 0.706. The summed E-state index contributed by atoms with van der Waals surface area (Å²) < 4.78 is 1.10. The second-order valence-electron chi connectivity index (χ2n) is 6.10. The van der Waals surface area contributed by atoms with E-state index in [4.69, 9.17) is 0 Å². The van der Waals surface area contributed by atoms with Gasteiger partial charge in [-0.05, 0) is 64.4 Å². The molecule has 2 aromatic rings. The van der Waals surface area contributed by atoms with E-state index in [0.717, 1.165) is 20.4 Å². The van der Waals surface area contributed by atoms with E-state index in [2.05, 4.69) is 27.9 Å². The molecule has 2 aromatic carbocycles. The molecule has 1 heterocycles. The first-order valence-electron chi connectivity index (χ1n) is 8.08. The van der Waals surface area contributed by atoms with Crippen LogP contribution in [0.1, 0.15) is 36.1 Å². The van der Waals surface area contributed by atoms with Gasteiger partial charge in [0.25, 0.3) is 0 Å². The summed E-state index contributed by atoms with van der Waals surface area (Å²) in [6, 6.07) is 13.4. The van der Waals surface area contributed by atoms with E-state index >= 15 is 0 Å². The smallest absolute Gasteiger partial charge is 0.226 e. The van der Waals surface area contributed by atoms with Gasteiger partial charge in [-0.3, -0.25) is 9.59 Å². The molecule has 1 atom stereocenters. The lowest BCUT2D eigenvalue weighted by atomic mass is 9.93. The van der Waals surface area contributed by atoms with Gasteiger partial charge in [-0.15, -0.1) is 0 Å². The molecule has 5 heteroatoms. The Morgan fingerprint density at radius 3 is 2.68 bits per heavy atom. The summed E-state index contributed by atoms with van der Waals surface area (Å²) in [6.45, 7) is 3.55. The van der Waals surface area contributed by atoms with Crippen LogP contribution in [-0.2, 0) is 9.59 Å². The highest BCUT2D eigenvalue weighted by atomic mass is 127. The van der Waals surface area contributed by atoms with Gasteiger partial charge in [0.2, 0.25) is 11.8 Å². The molecule has 0 saturated heterocycles. The maximum atomic E-state index is 12.6. The van der Waals surface area contributed by atoms with E-state index < -0.39 is 0 Å². The molecule has 0 spiro atoms. The number of halogens is 1. The Hall–Kier alpha value is -2.15. The van der Waals surface area contributed by atoms with Crippen molar-refractivity contribution in [1.82, 2.24) is 4.90 Å². The third-order valence-electron chi connectivity index (χ3n) is 4.30. The van der Waals surface area contributed by atoms with Crippen LogP contribution in [0.25, 0.3) is 6.08 Å². The summed E-state index contributed by atoms with van der Waals surface area (Å²) in [5, 5.41) is 2.94. The number of anilines is 1. The molecule has 25 heavy (non-hydrogen) atoms. The molecular weight excluding hydrogens is 427 g/mol. The number of hydrogen-bond donors (Lipinski definition) is 1. The van der Waals surface area contributed by atoms with Gasteiger partial charge in [0.05, 0.1) is 12.5 Å². The van der Waals surface area contributed by atoms with Crippen LogP contribution in [-0.4, -0.2) is 16.7 Å². The molecule has 0 bridgehead atoms. The van der Waals surface area contributed by atoms with Crippen LogP contribution < -0.4 is 5.32 Å². The fourth-order valence-electron chi connectivity index (χ4n) is 2.97. The highest BCUT2D eigenvalue weighted by molar-refractivity contribution is 14.1. The largest absolute Gasteiger partial charge is 0.326 e. The molecule has 4 nitrogen and oxygen atoms in total. The SMILES string of the molecule is CC(=O)N1C=Cc2ccccc2C1CC(=O)Nc1ccc(C)c(I)c1. The van der Waals surface area contributed by atoms with Crippen molar-refractivity contribution in [2.24, 2.45) is 0 Å². The maximum absolute atomic E-state index is 12.6. The Balaban J connectivity index is 1.81. The normalized spacial score (nSPS) is 15.6. The second-order valence-corrected chi connectivity index (χ2v) is 7.27. The minimum Gasteiger partial charge on any atom is -0.326 e. The molecule has 1 aliphatic rings. The zero-order chi connectivity index (χ0) is 18.0. The van der Waals surface area contributed by atoms with Crippen molar-refractivity contribution in [1.29, 1.82) is 0 Å². The van der Waals surface area contributed by atoms with Gasteiger partial charge in [0, 0.05) is 22.4 Å². The van der Waals surface area contributed by atoms with Gasteiger partial charge in [0.15, 0.2) is 0 Å². The number of aryl methyl sites for hydroxylation is 1. The first-order valence-corrected chi connectivity index (χ1v) is 9.15. The molecule has 1 unspecified atom stereocenters. The van der Waals surface area contributed by atoms with Crippen molar-refractivity contribution >= 4 is 46.2 Å². The molecule has 1 aliphatic heterocycles. The maximum Gasteiger partial charge on any atom is 0.226 e. The van der Waals surface area contributed by atoms with Crippen LogP contribution in [0.15, 0.2) is 48.7 Å². The third-order valence-corrected chi connectivity index (χ3v) is 5.47. The van der Waals surface area contributed by atoms with Crippen LogP contribution >= 0.6 is 22.6 Å². The van der Waals surface area contributed by atoms with E-state index in [9.17, 15) is 9.59 Å². The van der Waals surface area contributed by atoms with E-state index in [1.165, 1.54) is 12.5 Å². The number of fused-ring (bicyclic) bond motifs is 1. The molecule has 0 aliphatic carbocycles. The Morgan fingerprint density at radius 2 is 1.96 bits per heavy atom. The van der Waals surface area contributed by atoms with Gasteiger partial charge in [-0.1, -0.05) is 30.3 Å². The Bertz CT molecular complexity index is 861. The van der Waals surface area contributed by atoms with Crippen molar-refractivity contribution < 1.29 is 9.59 Å². The Morgan fingerprint density at radius 1 is 1.20 bits per heavy atom. The monoisotopic (exact) mass is 446 g/mol. The number of carbonyl (C=O) groups is 2. The fourth-order valence-corrected chi connectivity index (χ4v) is 3.49. The Labute approximate surface area is 161 Å². The number of rotatable bonds is 3. The molecular formula is C20H19IN2O2. The highest BCUT2D eigenvalue weighted by Crippen LogP contribution is 2.33. The standard InChI is InChI=1S/C20H19IN2O2/c1-13-7-8-16(11-18(13)21)22-20(25)12-19-17-6-4-3-5-15(17)9-10-23(19)14(2)24/h3-11,19H,12H2,1-2H3,(H,22,25). The van der Waals surface area contributed by atoms with E-state index in [1.54, 1.807) is 11.1 Å². The molecule has 128 valence electrons. The van der Waals surface area contributed by atoms with Crippen LogP contribution in [0, 0.1) is 10.5 Å². The molecule has 0 radical (unpaired) electrons. The topological polar surface area (TPSA) is 49.4 Å². The van der Waals surface area contributed by atoms with Crippen LogP contribution in [0.2, 0.25) is 0 Å². The zero-order valence-electron chi connectivity index (χ0n) is 14.1. The summed E-state index contributed by atoms with van der Waals surface area (Å²) in [5.41, 5.74) is 3.98. The van der Waals surface area contributed by atoms with Gasteiger partial charge >= 0.3 is 0 Å². The second kappa shape index (κ2) is 7.39. The lowest BCUT2D eigenvalue weighted by Crippen LogP contribution is -2.33. The molecule has 0 saturated carbocycles. The van der Waals surface area contributed by atoms with Crippen molar-refractivity contribution in [2.45, 2.75) is 26.3 Å². The molecule has 2 amide bonds. The Kier molecular flexibility index (Phi) is 5.22. The predicted molar refractivity (Wildman–Crippen MR) is 108 cm³/mol. The van der Waals surface area contributed by atoms with E-state index in [0.29, 0.717) is 0 Å². The minimum absolute atomic E-state index is 0.0755. The van der Waals surface area contributed by atoms with Crippen molar-refractivity contribution in [3.8, 4) is 0 Å². The predicted octanol–water partition coefficient (Wildman–Crippen LogP) is 4.50. The minimum atomic E-state index is -0.289. The van der Waals surface area contributed by atoms with Crippen LogP contribution in [0.4, 0.5) is 5.69 Å². The first kappa shape index (κ1) is 17.7. The van der Waals surface area contributed by atoms with Crippen molar-refractivity contribution in [3.05, 3.63) is 68.9 Å². The lowest BCUT2D eigenvalue weighted by molar-refractivity contribution is -0.129. The average Bonchev–Trinajstić information content (AvgIpc) is 2.58. The highest BCUT2D eigenvalue weighted by Gasteiger charge is 2.28. The van der Waals surface area contributed by atoms with Crippen LogP contribution in [0.3, 0.4) is 0 Å². The lowest BCUT2D eigenvalue weighted by Gasteiger charge is -2.32. The van der Waals surface area contributed by atoms with Crippen LogP contribution in [0.5, 0.6) is 0 Å². The van der Waals surface area contributed by atoms with Gasteiger partial charge < -0.3 is 10.2 Å². The number of amides is 2. The van der Waals surface area contributed by atoms with Gasteiger partial charge in [-0.25, -0.2) is 0 Å². The number of carbonyl (C=O) groups excluding carboxylic acids is 2. The number of hydrogen-bond acceptors (Lipinski definition) is 2. The summed E-state index contributed by atoms with van der Waals surface area (Å²) in [4.78, 5) is 26.2. The van der Waals surface area contributed by atoms with Gasteiger partial charge in [0.1, 0.15) is 0 Å². The number of nitrogens with zero attached hydrogens (tertiary/aromatic N) is 1.